The second kappa shape index (κ2) is 7.88. The number of nitrogens with zero attached hydrogens (tertiary/aromatic N) is 4. The molecule has 0 saturated heterocycles. The second-order valence-electron chi connectivity index (χ2n) is 5.91. The van der Waals surface area contributed by atoms with Gasteiger partial charge in [0.2, 0.25) is 5.91 Å². The van der Waals surface area contributed by atoms with Gasteiger partial charge in [-0.3, -0.25) is 4.79 Å². The van der Waals surface area contributed by atoms with Crippen LogP contribution in [0.5, 0.6) is 0 Å². The summed E-state index contributed by atoms with van der Waals surface area (Å²) >= 11 is 0. The third-order valence-electron chi connectivity index (χ3n) is 4.09. The fraction of sp³-hybridized carbons (Fsp3) is 0.529. The molecule has 0 saturated carbocycles. The highest BCUT2D eigenvalue weighted by Gasteiger charge is 2.15. The molecule has 0 spiro atoms. The molecular weight excluding hydrogens is 306 g/mol. The first-order valence-electron chi connectivity index (χ1n) is 8.16. The summed E-state index contributed by atoms with van der Waals surface area (Å²) in [5.41, 5.74) is 3.63. The maximum absolute atomic E-state index is 12.0. The van der Waals surface area contributed by atoms with Crippen molar-refractivity contribution in [2.45, 2.75) is 52.6 Å². The van der Waals surface area contributed by atoms with Crippen LogP contribution in [0.1, 0.15) is 48.7 Å². The van der Waals surface area contributed by atoms with Crippen LogP contribution in [-0.2, 0) is 11.2 Å². The van der Waals surface area contributed by atoms with E-state index in [1.54, 1.807) is 4.52 Å². The Bertz CT molecular complexity index is 775. The van der Waals surface area contributed by atoms with Crippen molar-refractivity contribution in [1.82, 2.24) is 19.9 Å². The van der Waals surface area contributed by atoms with Gasteiger partial charge in [0.1, 0.15) is 11.6 Å². The molecule has 0 radical (unpaired) electrons. The molecule has 0 aliphatic rings. The number of amides is 1. The van der Waals surface area contributed by atoms with Crippen LogP contribution in [0.4, 0.5) is 0 Å². The molecule has 24 heavy (non-hydrogen) atoms. The number of nitrogens with one attached hydrogen (secondary N) is 1. The van der Waals surface area contributed by atoms with E-state index in [2.05, 4.69) is 21.5 Å². The van der Waals surface area contributed by atoms with Gasteiger partial charge in [0.25, 0.3) is 0 Å². The molecule has 2 N–H and O–H groups in total. The van der Waals surface area contributed by atoms with Crippen LogP contribution in [0.15, 0.2) is 6.20 Å². The number of hydrogen-bond donors (Lipinski definition) is 2. The van der Waals surface area contributed by atoms with Gasteiger partial charge in [-0.2, -0.15) is 10.4 Å². The number of fused-ring (bicyclic) bond motifs is 1. The molecule has 2 rings (SSSR count). The van der Waals surface area contributed by atoms with E-state index in [1.807, 2.05) is 20.8 Å². The zero-order valence-corrected chi connectivity index (χ0v) is 14.3. The fourth-order valence-corrected chi connectivity index (χ4v) is 2.75. The van der Waals surface area contributed by atoms with Gasteiger partial charge in [0.15, 0.2) is 5.65 Å². The fourth-order valence-electron chi connectivity index (χ4n) is 2.75. The number of nitriles is 1. The largest absolute Gasteiger partial charge is 0.391 e. The predicted molar refractivity (Wildman–Crippen MR) is 89.4 cm³/mol. The molecule has 7 nitrogen and oxygen atoms in total. The first-order chi connectivity index (χ1) is 11.5. The normalized spacial score (nSPS) is 12.1. The van der Waals surface area contributed by atoms with Crippen LogP contribution in [0.3, 0.4) is 0 Å². The Morgan fingerprint density at radius 2 is 2.25 bits per heavy atom. The summed E-state index contributed by atoms with van der Waals surface area (Å²) in [7, 11) is 0. The van der Waals surface area contributed by atoms with Gasteiger partial charge in [-0.25, -0.2) is 9.50 Å². The van der Waals surface area contributed by atoms with Gasteiger partial charge in [-0.1, -0.05) is 13.3 Å². The summed E-state index contributed by atoms with van der Waals surface area (Å²) in [4.78, 5) is 16.4. The molecule has 2 aromatic heterocycles. The van der Waals surface area contributed by atoms with Gasteiger partial charge in [-0.15, -0.1) is 0 Å². The average Bonchev–Trinajstić information content (AvgIpc) is 2.96. The minimum Gasteiger partial charge on any atom is -0.391 e. The number of aromatic nitrogens is 3. The minimum absolute atomic E-state index is 0.0952. The Morgan fingerprint density at radius 3 is 2.92 bits per heavy atom. The average molecular weight is 329 g/mol. The maximum Gasteiger partial charge on any atom is 0.220 e. The second-order valence-corrected chi connectivity index (χ2v) is 5.91. The predicted octanol–water partition coefficient (Wildman–Crippen LogP) is 1.43. The number of rotatable bonds is 7. The van der Waals surface area contributed by atoms with Crippen LogP contribution in [-0.4, -0.2) is 38.3 Å². The quantitative estimate of drug-likeness (QED) is 0.800. The minimum atomic E-state index is -0.492. The Balaban J connectivity index is 2.05. The van der Waals surface area contributed by atoms with Crippen LogP contribution in [0.2, 0.25) is 0 Å². The molecule has 1 amide bonds. The van der Waals surface area contributed by atoms with Gasteiger partial charge < -0.3 is 10.4 Å². The van der Waals surface area contributed by atoms with E-state index in [0.29, 0.717) is 30.5 Å². The summed E-state index contributed by atoms with van der Waals surface area (Å²) in [5.74, 6) is -0.0952. The van der Waals surface area contributed by atoms with Gasteiger partial charge in [0, 0.05) is 24.4 Å². The first kappa shape index (κ1) is 17.9. The molecule has 2 heterocycles. The van der Waals surface area contributed by atoms with Crippen molar-refractivity contribution in [3.8, 4) is 6.07 Å². The SMILES string of the molecule is CCCC(O)CNC(=O)CCc1c(C)nc2c(C#N)cnn2c1C. The number of carbonyl (C=O) groups is 1. The molecule has 1 unspecified atom stereocenters. The Labute approximate surface area is 141 Å². The van der Waals surface area contributed by atoms with Gasteiger partial charge in [-0.05, 0) is 32.3 Å². The summed E-state index contributed by atoms with van der Waals surface area (Å²) in [5, 5.41) is 25.7. The summed E-state index contributed by atoms with van der Waals surface area (Å²) in [6.07, 6.45) is 3.43. The number of aliphatic hydroxyl groups is 1. The molecule has 0 fully saturated rings. The van der Waals surface area contributed by atoms with Crippen LogP contribution >= 0.6 is 0 Å². The van der Waals surface area contributed by atoms with Gasteiger partial charge >= 0.3 is 0 Å². The van der Waals surface area contributed by atoms with E-state index in [-0.39, 0.29) is 12.5 Å². The van der Waals surface area contributed by atoms with Gasteiger partial charge in [0.05, 0.1) is 12.3 Å². The highest BCUT2D eigenvalue weighted by molar-refractivity contribution is 5.76. The number of aryl methyl sites for hydroxylation is 2. The van der Waals surface area contributed by atoms with E-state index >= 15 is 0 Å². The summed E-state index contributed by atoms with van der Waals surface area (Å²) in [6, 6.07) is 2.08. The smallest absolute Gasteiger partial charge is 0.220 e. The topological polar surface area (TPSA) is 103 Å². The third kappa shape index (κ3) is 3.89. The van der Waals surface area contributed by atoms with E-state index < -0.39 is 6.10 Å². The number of carbonyl (C=O) groups excluding carboxylic acids is 1. The molecule has 7 heteroatoms. The standard InChI is InChI=1S/C17H23N5O2/c1-4-5-14(23)10-19-16(24)7-6-15-11(2)21-17-13(8-18)9-20-22(17)12(15)3/h9,14,23H,4-7,10H2,1-3H3,(H,19,24). The maximum atomic E-state index is 12.0. The first-order valence-corrected chi connectivity index (χ1v) is 8.16. The van der Waals surface area contributed by atoms with E-state index in [9.17, 15) is 9.90 Å². The lowest BCUT2D eigenvalue weighted by Gasteiger charge is -2.13. The van der Waals surface area contributed by atoms with Crippen LogP contribution in [0, 0.1) is 25.2 Å². The third-order valence-corrected chi connectivity index (χ3v) is 4.09. The van der Waals surface area contributed by atoms with Crippen molar-refractivity contribution in [3.05, 3.63) is 28.7 Å². The lowest BCUT2D eigenvalue weighted by atomic mass is 10.1. The number of hydrogen-bond acceptors (Lipinski definition) is 5. The molecular formula is C17H23N5O2. The summed E-state index contributed by atoms with van der Waals surface area (Å²) < 4.78 is 1.64. The number of aliphatic hydroxyl groups excluding tert-OH is 1. The van der Waals surface area contributed by atoms with Crippen molar-refractivity contribution in [3.63, 3.8) is 0 Å². The van der Waals surface area contributed by atoms with Crippen molar-refractivity contribution < 1.29 is 9.90 Å². The van der Waals surface area contributed by atoms with Crippen molar-refractivity contribution in [2.24, 2.45) is 0 Å². The molecule has 128 valence electrons. The van der Waals surface area contributed by atoms with Crippen molar-refractivity contribution in [2.75, 3.05) is 6.54 Å². The molecule has 2 aromatic rings. The zero-order valence-electron chi connectivity index (χ0n) is 14.3. The highest BCUT2D eigenvalue weighted by Crippen LogP contribution is 2.18. The zero-order chi connectivity index (χ0) is 17.7. The highest BCUT2D eigenvalue weighted by atomic mass is 16.3. The van der Waals surface area contributed by atoms with E-state index in [1.165, 1.54) is 6.20 Å². The monoisotopic (exact) mass is 329 g/mol. The van der Waals surface area contributed by atoms with Crippen molar-refractivity contribution in [1.29, 1.82) is 5.26 Å². The molecule has 0 aliphatic carbocycles. The van der Waals surface area contributed by atoms with Crippen molar-refractivity contribution >= 4 is 11.6 Å². The van der Waals surface area contributed by atoms with Crippen LogP contribution < -0.4 is 5.32 Å². The van der Waals surface area contributed by atoms with E-state index in [0.717, 1.165) is 23.4 Å². The Morgan fingerprint density at radius 1 is 1.50 bits per heavy atom. The lowest BCUT2D eigenvalue weighted by molar-refractivity contribution is -0.121. The molecule has 0 aromatic carbocycles. The van der Waals surface area contributed by atoms with Crippen LogP contribution in [0.25, 0.3) is 5.65 Å². The Kier molecular flexibility index (Phi) is 5.88. The molecule has 1 atom stereocenters. The Hall–Kier alpha value is -2.46. The molecule has 0 aliphatic heterocycles. The summed E-state index contributed by atoms with van der Waals surface area (Å²) in [6.45, 7) is 6.06. The lowest BCUT2D eigenvalue weighted by Crippen LogP contribution is -2.32. The molecule has 0 bridgehead atoms. The van der Waals surface area contributed by atoms with E-state index in [4.69, 9.17) is 5.26 Å².